The maximum atomic E-state index is 12.2. The second-order valence-electron chi connectivity index (χ2n) is 3.71. The van der Waals surface area contributed by atoms with E-state index >= 15 is 0 Å². The highest BCUT2D eigenvalue weighted by atomic mass is 16.3. The van der Waals surface area contributed by atoms with Gasteiger partial charge in [0, 0.05) is 12.1 Å². The number of rotatable bonds is 3. The lowest BCUT2D eigenvalue weighted by Gasteiger charge is -2.07. The van der Waals surface area contributed by atoms with Gasteiger partial charge in [-0.3, -0.25) is 4.79 Å². The number of carbonyl (C=O) groups is 1. The fraction of sp³-hybridized carbons (Fsp3) is 0.0714. The molecule has 0 bridgehead atoms. The number of phenols is 1. The Kier molecular flexibility index (Phi) is 3.21. The van der Waals surface area contributed by atoms with E-state index in [0.717, 1.165) is 5.56 Å². The summed E-state index contributed by atoms with van der Waals surface area (Å²) in [6.45, 7) is 0.301. The van der Waals surface area contributed by atoms with Crippen molar-refractivity contribution in [2.45, 2.75) is 6.54 Å². The number of benzene rings is 2. The van der Waals surface area contributed by atoms with Gasteiger partial charge in [0.25, 0.3) is 0 Å². The van der Waals surface area contributed by atoms with E-state index < -0.39 is 0 Å². The molecule has 86 valence electrons. The summed E-state index contributed by atoms with van der Waals surface area (Å²) in [6, 6.07) is 13.7. The van der Waals surface area contributed by atoms with Gasteiger partial charge in [0.2, 0.25) is 0 Å². The Bertz CT molecular complexity index is 549. The van der Waals surface area contributed by atoms with Crippen molar-refractivity contribution in [1.29, 1.82) is 0 Å². The van der Waals surface area contributed by atoms with Gasteiger partial charge in [-0.15, -0.1) is 0 Å². The highest BCUT2D eigenvalue weighted by molar-refractivity contribution is 6.11. The van der Waals surface area contributed by atoms with Crippen LogP contribution < -0.4 is 5.73 Å². The van der Waals surface area contributed by atoms with Crippen LogP contribution in [0.15, 0.2) is 48.5 Å². The lowest BCUT2D eigenvalue weighted by molar-refractivity contribution is 0.103. The second kappa shape index (κ2) is 4.80. The fourth-order valence-electron chi connectivity index (χ4n) is 1.73. The lowest BCUT2D eigenvalue weighted by atomic mass is 9.98. The van der Waals surface area contributed by atoms with E-state index in [1.165, 1.54) is 6.07 Å². The summed E-state index contributed by atoms with van der Waals surface area (Å²) in [4.78, 5) is 12.2. The molecule has 0 heterocycles. The maximum absolute atomic E-state index is 12.2. The number of hydrogen-bond acceptors (Lipinski definition) is 3. The molecule has 0 radical (unpaired) electrons. The van der Waals surface area contributed by atoms with Crippen LogP contribution in [0.4, 0.5) is 0 Å². The van der Waals surface area contributed by atoms with Gasteiger partial charge in [0.1, 0.15) is 5.75 Å². The lowest BCUT2D eigenvalue weighted by Crippen LogP contribution is -2.08. The molecule has 2 rings (SSSR count). The minimum Gasteiger partial charge on any atom is -0.507 e. The molecule has 2 aromatic rings. The van der Waals surface area contributed by atoms with Crippen LogP contribution in [0.2, 0.25) is 0 Å². The van der Waals surface area contributed by atoms with Crippen LogP contribution >= 0.6 is 0 Å². The predicted octanol–water partition coefficient (Wildman–Crippen LogP) is 2.08. The molecule has 0 atom stereocenters. The Morgan fingerprint density at radius 1 is 1.00 bits per heavy atom. The standard InChI is InChI=1S/C14H13NO2/c15-9-10-5-1-2-6-11(10)14(17)12-7-3-4-8-13(12)16/h1-8,16H,9,15H2. The summed E-state index contributed by atoms with van der Waals surface area (Å²) in [6.07, 6.45) is 0. The fourth-order valence-corrected chi connectivity index (χ4v) is 1.73. The van der Waals surface area contributed by atoms with Crippen molar-refractivity contribution in [3.8, 4) is 5.75 Å². The Balaban J connectivity index is 2.48. The summed E-state index contributed by atoms with van der Waals surface area (Å²) in [5.74, 6) is -0.214. The van der Waals surface area contributed by atoms with Gasteiger partial charge in [-0.05, 0) is 17.7 Å². The average Bonchev–Trinajstić information content (AvgIpc) is 2.38. The van der Waals surface area contributed by atoms with Crippen LogP contribution in [0.1, 0.15) is 21.5 Å². The van der Waals surface area contributed by atoms with E-state index in [0.29, 0.717) is 17.7 Å². The van der Waals surface area contributed by atoms with Crippen molar-refractivity contribution in [3.63, 3.8) is 0 Å². The topological polar surface area (TPSA) is 63.3 Å². The Hall–Kier alpha value is -2.13. The summed E-state index contributed by atoms with van der Waals surface area (Å²) in [7, 11) is 0. The largest absolute Gasteiger partial charge is 0.507 e. The molecular formula is C14H13NO2. The quantitative estimate of drug-likeness (QED) is 0.789. The molecule has 3 heteroatoms. The van der Waals surface area contributed by atoms with Gasteiger partial charge in [-0.1, -0.05) is 36.4 Å². The molecule has 0 fully saturated rings. The summed E-state index contributed by atoms with van der Waals surface area (Å²) in [5, 5.41) is 9.65. The zero-order chi connectivity index (χ0) is 12.3. The van der Waals surface area contributed by atoms with Crippen molar-refractivity contribution >= 4 is 5.78 Å². The molecule has 0 aliphatic heterocycles. The minimum atomic E-state index is -0.204. The highest BCUT2D eigenvalue weighted by Gasteiger charge is 2.15. The SMILES string of the molecule is NCc1ccccc1C(=O)c1ccccc1O. The number of hydrogen-bond donors (Lipinski definition) is 2. The zero-order valence-electron chi connectivity index (χ0n) is 9.26. The van der Waals surface area contributed by atoms with E-state index in [1.807, 2.05) is 12.1 Å². The third-order valence-electron chi connectivity index (χ3n) is 2.63. The molecule has 0 aromatic heterocycles. The van der Waals surface area contributed by atoms with Crippen LogP contribution in [0.3, 0.4) is 0 Å². The average molecular weight is 227 g/mol. The first-order chi connectivity index (χ1) is 8.24. The van der Waals surface area contributed by atoms with E-state index in [9.17, 15) is 9.90 Å². The van der Waals surface area contributed by atoms with Crippen molar-refractivity contribution in [1.82, 2.24) is 0 Å². The third-order valence-corrected chi connectivity index (χ3v) is 2.63. The normalized spacial score (nSPS) is 10.2. The Morgan fingerprint density at radius 3 is 2.24 bits per heavy atom. The van der Waals surface area contributed by atoms with Gasteiger partial charge in [0.05, 0.1) is 5.56 Å². The molecule has 0 spiro atoms. The Labute approximate surface area is 99.5 Å². The first kappa shape index (κ1) is 11.4. The van der Waals surface area contributed by atoms with Crippen LogP contribution in [-0.2, 0) is 6.54 Å². The zero-order valence-corrected chi connectivity index (χ0v) is 9.26. The van der Waals surface area contributed by atoms with Gasteiger partial charge < -0.3 is 10.8 Å². The van der Waals surface area contributed by atoms with Crippen LogP contribution in [-0.4, -0.2) is 10.9 Å². The first-order valence-corrected chi connectivity index (χ1v) is 5.34. The van der Waals surface area contributed by atoms with Crippen LogP contribution in [0.25, 0.3) is 0 Å². The summed E-state index contributed by atoms with van der Waals surface area (Å²) >= 11 is 0. The van der Waals surface area contributed by atoms with E-state index in [-0.39, 0.29) is 11.5 Å². The monoisotopic (exact) mass is 227 g/mol. The number of para-hydroxylation sites is 1. The van der Waals surface area contributed by atoms with Crippen LogP contribution in [0, 0.1) is 0 Å². The molecule has 3 N–H and O–H groups in total. The maximum Gasteiger partial charge on any atom is 0.197 e. The minimum absolute atomic E-state index is 0.00988. The van der Waals surface area contributed by atoms with Gasteiger partial charge in [-0.25, -0.2) is 0 Å². The molecule has 0 unspecified atom stereocenters. The number of phenolic OH excluding ortho intramolecular Hbond substituents is 1. The van der Waals surface area contributed by atoms with E-state index in [4.69, 9.17) is 5.73 Å². The van der Waals surface area contributed by atoms with Gasteiger partial charge >= 0.3 is 0 Å². The molecule has 3 nitrogen and oxygen atoms in total. The molecular weight excluding hydrogens is 214 g/mol. The molecule has 0 aliphatic carbocycles. The number of nitrogens with two attached hydrogens (primary N) is 1. The van der Waals surface area contributed by atoms with Crippen molar-refractivity contribution < 1.29 is 9.90 Å². The summed E-state index contributed by atoms with van der Waals surface area (Å²) in [5.41, 5.74) is 7.21. The molecule has 0 aliphatic rings. The smallest absolute Gasteiger partial charge is 0.197 e. The summed E-state index contributed by atoms with van der Waals surface area (Å²) < 4.78 is 0. The van der Waals surface area contributed by atoms with Crippen molar-refractivity contribution in [3.05, 3.63) is 65.2 Å². The molecule has 0 saturated heterocycles. The highest BCUT2D eigenvalue weighted by Crippen LogP contribution is 2.21. The van der Waals surface area contributed by atoms with E-state index in [2.05, 4.69) is 0 Å². The second-order valence-corrected chi connectivity index (χ2v) is 3.71. The molecule has 0 amide bonds. The van der Waals surface area contributed by atoms with Crippen molar-refractivity contribution in [2.75, 3.05) is 0 Å². The van der Waals surface area contributed by atoms with Crippen LogP contribution in [0.5, 0.6) is 5.75 Å². The van der Waals surface area contributed by atoms with Crippen molar-refractivity contribution in [2.24, 2.45) is 5.73 Å². The molecule has 0 saturated carbocycles. The number of ketones is 1. The predicted molar refractivity (Wildman–Crippen MR) is 65.9 cm³/mol. The molecule has 17 heavy (non-hydrogen) atoms. The number of aromatic hydroxyl groups is 1. The third kappa shape index (κ3) is 2.19. The van der Waals surface area contributed by atoms with Gasteiger partial charge in [-0.2, -0.15) is 0 Å². The first-order valence-electron chi connectivity index (χ1n) is 5.34. The number of carbonyl (C=O) groups excluding carboxylic acids is 1. The van der Waals surface area contributed by atoms with E-state index in [1.54, 1.807) is 30.3 Å². The Morgan fingerprint density at radius 2 is 1.59 bits per heavy atom. The molecule has 2 aromatic carbocycles. The van der Waals surface area contributed by atoms with Gasteiger partial charge in [0.15, 0.2) is 5.78 Å².